The summed E-state index contributed by atoms with van der Waals surface area (Å²) >= 11 is 0. The van der Waals surface area contributed by atoms with Gasteiger partial charge in [0.05, 0.1) is 10.9 Å². The number of nitrogens with one attached hydrogen (secondary N) is 1. The average Bonchev–Trinajstić information content (AvgIpc) is 3.31. The van der Waals surface area contributed by atoms with Gasteiger partial charge in [-0.25, -0.2) is 8.42 Å². The molecule has 132 valence electrons. The lowest BCUT2D eigenvalue weighted by molar-refractivity contribution is 0.0721. The summed E-state index contributed by atoms with van der Waals surface area (Å²) in [6, 6.07) is 9.23. The van der Waals surface area contributed by atoms with Gasteiger partial charge in [0.2, 0.25) is 10.0 Å². The van der Waals surface area contributed by atoms with Crippen molar-refractivity contribution in [2.24, 2.45) is 0 Å². The summed E-state index contributed by atoms with van der Waals surface area (Å²) in [6.45, 7) is 1.27. The van der Waals surface area contributed by atoms with Crippen molar-refractivity contribution in [2.75, 3.05) is 23.9 Å². The highest BCUT2D eigenvalue weighted by Crippen LogP contribution is 2.33. The van der Waals surface area contributed by atoms with Gasteiger partial charge in [-0.1, -0.05) is 18.2 Å². The number of carbonyl (C=O) groups is 1. The molecule has 25 heavy (non-hydrogen) atoms. The first-order chi connectivity index (χ1) is 12.1. The van der Waals surface area contributed by atoms with E-state index in [1.54, 1.807) is 11.0 Å². The van der Waals surface area contributed by atoms with Crippen LogP contribution in [0, 0.1) is 0 Å². The number of rotatable bonds is 3. The number of amides is 1. The van der Waals surface area contributed by atoms with Crippen molar-refractivity contribution in [3.63, 3.8) is 0 Å². The van der Waals surface area contributed by atoms with Gasteiger partial charge in [0, 0.05) is 25.8 Å². The van der Waals surface area contributed by atoms with Crippen LogP contribution < -0.4 is 4.31 Å². The molecule has 1 amide bonds. The number of nitrogens with zero attached hydrogens (tertiary/aromatic N) is 3. The lowest BCUT2D eigenvalue weighted by Gasteiger charge is -2.34. The largest absolute Gasteiger partial charge is 0.336 e. The molecule has 1 saturated heterocycles. The summed E-state index contributed by atoms with van der Waals surface area (Å²) in [5.41, 5.74) is 2.23. The summed E-state index contributed by atoms with van der Waals surface area (Å²) in [6.07, 6.45) is 3.51. The number of aromatic amines is 1. The molecule has 1 N–H and O–H groups in total. The third-order valence-corrected chi connectivity index (χ3v) is 7.19. The van der Waals surface area contributed by atoms with E-state index in [2.05, 4.69) is 10.2 Å². The average molecular weight is 360 g/mol. The number of anilines is 1. The smallest absolute Gasteiger partial charge is 0.271 e. The Morgan fingerprint density at radius 2 is 2.04 bits per heavy atom. The third kappa shape index (κ3) is 2.80. The summed E-state index contributed by atoms with van der Waals surface area (Å²) in [5, 5.41) is 5.88. The molecule has 4 rings (SSSR count). The first kappa shape index (κ1) is 16.1. The van der Waals surface area contributed by atoms with Gasteiger partial charge < -0.3 is 4.90 Å². The Labute approximate surface area is 146 Å². The standard InChI is InChI=1S/C17H20N4O3S/c22-17(15-7-9-18-19-15)20-10-3-5-14(12-20)25(23,24)21-11-8-13-4-1-2-6-16(13)21/h1-2,4,6-7,9,14H,3,5,8,10-12H2,(H,18,19). The van der Waals surface area contributed by atoms with Gasteiger partial charge in [-0.2, -0.15) is 5.10 Å². The molecule has 1 fully saturated rings. The Morgan fingerprint density at radius 1 is 1.20 bits per heavy atom. The number of piperidine rings is 1. The van der Waals surface area contributed by atoms with Crippen LogP contribution in [0.2, 0.25) is 0 Å². The molecule has 2 aliphatic rings. The normalized spacial score (nSPS) is 20.6. The molecule has 1 aromatic heterocycles. The lowest BCUT2D eigenvalue weighted by Crippen LogP contribution is -2.49. The second kappa shape index (κ2) is 6.18. The van der Waals surface area contributed by atoms with Gasteiger partial charge in [0.1, 0.15) is 5.69 Å². The minimum atomic E-state index is -3.50. The fourth-order valence-electron chi connectivity index (χ4n) is 3.66. The summed E-state index contributed by atoms with van der Waals surface area (Å²) < 4.78 is 27.9. The maximum Gasteiger partial charge on any atom is 0.271 e. The molecule has 0 saturated carbocycles. The molecule has 1 unspecified atom stereocenters. The number of fused-ring (bicyclic) bond motifs is 1. The van der Waals surface area contributed by atoms with Crippen LogP contribution in [0.4, 0.5) is 5.69 Å². The number of H-pyrrole nitrogens is 1. The molecule has 1 aromatic carbocycles. The number of carbonyl (C=O) groups excluding carboxylic acids is 1. The zero-order chi connectivity index (χ0) is 17.4. The van der Waals surface area contributed by atoms with E-state index in [4.69, 9.17) is 0 Å². The topological polar surface area (TPSA) is 86.4 Å². The minimum Gasteiger partial charge on any atom is -0.336 e. The zero-order valence-corrected chi connectivity index (χ0v) is 14.6. The van der Waals surface area contributed by atoms with Crippen LogP contribution in [0.1, 0.15) is 28.9 Å². The molecule has 8 heteroatoms. The first-order valence-corrected chi connectivity index (χ1v) is 9.96. The molecule has 3 heterocycles. The van der Waals surface area contributed by atoms with Crippen LogP contribution in [0.15, 0.2) is 36.5 Å². The zero-order valence-electron chi connectivity index (χ0n) is 13.8. The van der Waals surface area contributed by atoms with Gasteiger partial charge in [-0.3, -0.25) is 14.2 Å². The van der Waals surface area contributed by atoms with Crippen molar-refractivity contribution in [3.05, 3.63) is 47.8 Å². The highest BCUT2D eigenvalue weighted by Gasteiger charge is 2.39. The summed E-state index contributed by atoms with van der Waals surface area (Å²) in [4.78, 5) is 14.1. The SMILES string of the molecule is O=C(c1ccn[nH]1)N1CCCC(S(=O)(=O)N2CCc3ccccc32)C1. The van der Waals surface area contributed by atoms with Crippen LogP contribution >= 0.6 is 0 Å². The monoisotopic (exact) mass is 360 g/mol. The van der Waals surface area contributed by atoms with E-state index in [9.17, 15) is 13.2 Å². The highest BCUT2D eigenvalue weighted by atomic mass is 32.2. The van der Waals surface area contributed by atoms with Gasteiger partial charge in [-0.05, 0) is 37.0 Å². The molecule has 0 aliphatic carbocycles. The van der Waals surface area contributed by atoms with Crippen molar-refractivity contribution in [2.45, 2.75) is 24.5 Å². The van der Waals surface area contributed by atoms with Crippen molar-refractivity contribution in [1.82, 2.24) is 15.1 Å². The van der Waals surface area contributed by atoms with E-state index in [1.165, 1.54) is 10.5 Å². The number of hydrogen-bond acceptors (Lipinski definition) is 4. The van der Waals surface area contributed by atoms with E-state index >= 15 is 0 Å². The van der Waals surface area contributed by atoms with Crippen LogP contribution in [-0.2, 0) is 16.4 Å². The van der Waals surface area contributed by atoms with E-state index in [1.807, 2.05) is 24.3 Å². The van der Waals surface area contributed by atoms with Crippen LogP contribution in [0.3, 0.4) is 0 Å². The van der Waals surface area contributed by atoms with Crippen LogP contribution in [-0.4, -0.2) is 54.3 Å². The van der Waals surface area contributed by atoms with Crippen molar-refractivity contribution in [3.8, 4) is 0 Å². The Kier molecular flexibility index (Phi) is 3.99. The van der Waals surface area contributed by atoms with E-state index in [0.29, 0.717) is 31.6 Å². The molecule has 7 nitrogen and oxygen atoms in total. The predicted molar refractivity (Wildman–Crippen MR) is 93.9 cm³/mol. The molecule has 0 bridgehead atoms. The fraction of sp³-hybridized carbons (Fsp3) is 0.412. The van der Waals surface area contributed by atoms with Crippen molar-refractivity contribution in [1.29, 1.82) is 0 Å². The van der Waals surface area contributed by atoms with E-state index < -0.39 is 15.3 Å². The number of likely N-dealkylation sites (tertiary alicyclic amines) is 1. The number of para-hydroxylation sites is 1. The first-order valence-electron chi connectivity index (χ1n) is 8.45. The van der Waals surface area contributed by atoms with Gasteiger partial charge >= 0.3 is 0 Å². The third-order valence-electron chi connectivity index (χ3n) is 4.97. The molecule has 2 aliphatic heterocycles. The van der Waals surface area contributed by atoms with Gasteiger partial charge in [0.25, 0.3) is 5.91 Å². The second-order valence-corrected chi connectivity index (χ2v) is 8.62. The number of hydrogen-bond donors (Lipinski definition) is 1. The maximum absolute atomic E-state index is 13.2. The Balaban J connectivity index is 1.56. The predicted octanol–water partition coefficient (Wildman–Crippen LogP) is 1.41. The second-order valence-electron chi connectivity index (χ2n) is 6.48. The maximum atomic E-state index is 13.2. The van der Waals surface area contributed by atoms with E-state index in [0.717, 1.165) is 17.7 Å². The molecular formula is C17H20N4O3S. The minimum absolute atomic E-state index is 0.195. The highest BCUT2D eigenvalue weighted by molar-refractivity contribution is 7.93. The molecular weight excluding hydrogens is 340 g/mol. The van der Waals surface area contributed by atoms with Crippen molar-refractivity contribution >= 4 is 21.6 Å². The Bertz CT molecular complexity index is 879. The lowest BCUT2D eigenvalue weighted by atomic mass is 10.1. The molecule has 2 aromatic rings. The van der Waals surface area contributed by atoms with Gasteiger partial charge in [0.15, 0.2) is 0 Å². The van der Waals surface area contributed by atoms with Crippen molar-refractivity contribution < 1.29 is 13.2 Å². The Morgan fingerprint density at radius 3 is 2.84 bits per heavy atom. The number of benzene rings is 1. The molecule has 0 radical (unpaired) electrons. The summed E-state index contributed by atoms with van der Waals surface area (Å²) in [7, 11) is -3.50. The summed E-state index contributed by atoms with van der Waals surface area (Å²) in [5.74, 6) is -0.195. The van der Waals surface area contributed by atoms with Crippen LogP contribution in [0.5, 0.6) is 0 Å². The fourth-order valence-corrected chi connectivity index (χ4v) is 5.65. The molecule has 1 atom stereocenters. The van der Waals surface area contributed by atoms with Crippen LogP contribution in [0.25, 0.3) is 0 Å². The van der Waals surface area contributed by atoms with E-state index in [-0.39, 0.29) is 12.5 Å². The Hall–Kier alpha value is -2.35. The quantitative estimate of drug-likeness (QED) is 0.897. The molecule has 0 spiro atoms. The number of aromatic nitrogens is 2. The number of sulfonamides is 1. The van der Waals surface area contributed by atoms with Gasteiger partial charge in [-0.15, -0.1) is 0 Å².